The summed E-state index contributed by atoms with van der Waals surface area (Å²) >= 11 is 0. The third kappa shape index (κ3) is 2.51. The Labute approximate surface area is 105 Å². The van der Waals surface area contributed by atoms with Crippen molar-refractivity contribution in [1.82, 2.24) is 9.80 Å². The van der Waals surface area contributed by atoms with E-state index in [1.54, 1.807) is 0 Å². The third-order valence-corrected chi connectivity index (χ3v) is 5.21. The lowest BCUT2D eigenvalue weighted by atomic mass is 9.93. The third-order valence-electron chi connectivity index (χ3n) is 5.21. The summed E-state index contributed by atoms with van der Waals surface area (Å²) in [6.45, 7) is 6.38. The second-order valence-electron chi connectivity index (χ2n) is 6.20. The Morgan fingerprint density at radius 1 is 1.00 bits per heavy atom. The first-order valence-electron chi connectivity index (χ1n) is 7.44. The zero-order valence-electron chi connectivity index (χ0n) is 10.9. The molecule has 0 amide bonds. The van der Waals surface area contributed by atoms with Gasteiger partial charge in [-0.15, -0.1) is 0 Å². The molecule has 1 heterocycles. The van der Waals surface area contributed by atoms with Crippen molar-refractivity contribution in [1.29, 1.82) is 0 Å². The highest BCUT2D eigenvalue weighted by Crippen LogP contribution is 2.46. The normalized spacial score (nSPS) is 39.0. The van der Waals surface area contributed by atoms with Gasteiger partial charge in [-0.05, 0) is 37.5 Å². The summed E-state index contributed by atoms with van der Waals surface area (Å²) in [5.74, 6) is 2.10. The summed E-state index contributed by atoms with van der Waals surface area (Å²) in [6, 6.07) is 0.925. The van der Waals surface area contributed by atoms with Gasteiger partial charge in [0.05, 0.1) is 0 Å². The second-order valence-corrected chi connectivity index (χ2v) is 6.20. The molecule has 0 spiro atoms. The highest BCUT2D eigenvalue weighted by atomic mass is 16.3. The van der Waals surface area contributed by atoms with Crippen LogP contribution in [0.4, 0.5) is 0 Å². The first-order chi connectivity index (χ1) is 8.36. The van der Waals surface area contributed by atoms with Crippen molar-refractivity contribution in [2.24, 2.45) is 11.8 Å². The molecular weight excluding hydrogens is 212 g/mol. The summed E-state index contributed by atoms with van der Waals surface area (Å²) in [6.07, 6.45) is 6.96. The molecule has 3 aliphatic rings. The predicted octanol–water partition coefficient (Wildman–Crippen LogP) is 1.17. The topological polar surface area (TPSA) is 26.7 Å². The number of fused-ring (bicyclic) bond motifs is 2. The van der Waals surface area contributed by atoms with Crippen LogP contribution in [0.5, 0.6) is 0 Å². The summed E-state index contributed by atoms with van der Waals surface area (Å²) in [5.41, 5.74) is 0. The first kappa shape index (κ1) is 11.9. The molecule has 0 unspecified atom stereocenters. The minimum atomic E-state index is 0.340. The van der Waals surface area contributed by atoms with Crippen LogP contribution < -0.4 is 0 Å². The number of aliphatic hydroxyl groups is 1. The number of piperazine rings is 1. The number of hydrogen-bond acceptors (Lipinski definition) is 3. The standard InChI is InChI=1S/C14H26N2O/c17-9-1-4-15-5-7-16(8-6-15)14-11-12-2-3-13(14)10-12/h12-14,17H,1-11H2/t12-,13+,14+/m0/s1. The van der Waals surface area contributed by atoms with Gasteiger partial charge in [0.2, 0.25) is 0 Å². The maximum Gasteiger partial charge on any atom is 0.0443 e. The summed E-state index contributed by atoms with van der Waals surface area (Å²) < 4.78 is 0. The molecule has 3 rings (SSSR count). The van der Waals surface area contributed by atoms with Crippen LogP contribution in [0.2, 0.25) is 0 Å². The number of nitrogens with zero attached hydrogens (tertiary/aromatic N) is 2. The molecule has 1 N–H and O–H groups in total. The highest BCUT2D eigenvalue weighted by Gasteiger charge is 2.42. The molecule has 3 nitrogen and oxygen atoms in total. The molecule has 1 aliphatic heterocycles. The largest absolute Gasteiger partial charge is 0.396 e. The minimum absolute atomic E-state index is 0.340. The van der Waals surface area contributed by atoms with Crippen LogP contribution in [0.3, 0.4) is 0 Å². The van der Waals surface area contributed by atoms with E-state index in [9.17, 15) is 0 Å². The Morgan fingerprint density at radius 3 is 2.41 bits per heavy atom. The number of rotatable bonds is 4. The van der Waals surface area contributed by atoms with Gasteiger partial charge in [0.1, 0.15) is 0 Å². The fourth-order valence-electron chi connectivity index (χ4n) is 4.27. The van der Waals surface area contributed by atoms with E-state index in [4.69, 9.17) is 5.11 Å². The smallest absolute Gasteiger partial charge is 0.0443 e. The van der Waals surface area contributed by atoms with E-state index >= 15 is 0 Å². The van der Waals surface area contributed by atoms with Crippen molar-refractivity contribution in [2.75, 3.05) is 39.3 Å². The van der Waals surface area contributed by atoms with E-state index in [0.717, 1.165) is 30.8 Å². The van der Waals surface area contributed by atoms with Crippen LogP contribution in [-0.4, -0.2) is 60.3 Å². The first-order valence-corrected chi connectivity index (χ1v) is 7.44. The Bertz CT molecular complexity index is 251. The Morgan fingerprint density at radius 2 is 1.82 bits per heavy atom. The average molecular weight is 238 g/mol. The molecule has 17 heavy (non-hydrogen) atoms. The SMILES string of the molecule is OCCCN1CCN([C@@H]2C[C@H]3CC[C@@H]2C3)CC1. The minimum Gasteiger partial charge on any atom is -0.396 e. The zero-order chi connectivity index (χ0) is 11.7. The van der Waals surface area contributed by atoms with E-state index in [-0.39, 0.29) is 0 Å². The van der Waals surface area contributed by atoms with Crippen molar-refractivity contribution >= 4 is 0 Å². The van der Waals surface area contributed by atoms with Crippen LogP contribution in [-0.2, 0) is 0 Å². The van der Waals surface area contributed by atoms with Crippen LogP contribution in [0, 0.1) is 11.8 Å². The molecule has 0 aromatic rings. The number of hydrogen-bond donors (Lipinski definition) is 1. The van der Waals surface area contributed by atoms with Crippen LogP contribution in [0.15, 0.2) is 0 Å². The second kappa shape index (κ2) is 5.25. The zero-order valence-corrected chi connectivity index (χ0v) is 10.9. The molecule has 1 saturated heterocycles. The van der Waals surface area contributed by atoms with Crippen LogP contribution in [0.25, 0.3) is 0 Å². The van der Waals surface area contributed by atoms with Gasteiger partial charge in [0, 0.05) is 45.4 Å². The molecule has 0 aromatic carbocycles. The summed E-state index contributed by atoms with van der Waals surface area (Å²) in [5, 5.41) is 8.86. The Hall–Kier alpha value is -0.120. The van der Waals surface area contributed by atoms with Crippen LogP contribution in [0.1, 0.15) is 32.1 Å². The van der Waals surface area contributed by atoms with Gasteiger partial charge in [-0.1, -0.05) is 6.42 Å². The lowest BCUT2D eigenvalue weighted by Crippen LogP contribution is -2.51. The van der Waals surface area contributed by atoms with E-state index in [1.807, 2.05) is 0 Å². The molecule has 98 valence electrons. The van der Waals surface area contributed by atoms with E-state index in [0.29, 0.717) is 6.61 Å². The van der Waals surface area contributed by atoms with E-state index < -0.39 is 0 Å². The van der Waals surface area contributed by atoms with Crippen molar-refractivity contribution in [3.8, 4) is 0 Å². The molecule has 0 aromatic heterocycles. The van der Waals surface area contributed by atoms with Gasteiger partial charge in [-0.25, -0.2) is 0 Å². The molecule has 2 aliphatic carbocycles. The molecule has 2 bridgehead atoms. The maximum absolute atomic E-state index is 8.86. The van der Waals surface area contributed by atoms with Crippen molar-refractivity contribution in [2.45, 2.75) is 38.1 Å². The predicted molar refractivity (Wildman–Crippen MR) is 69.0 cm³/mol. The van der Waals surface area contributed by atoms with Crippen molar-refractivity contribution in [3.63, 3.8) is 0 Å². The summed E-state index contributed by atoms with van der Waals surface area (Å²) in [7, 11) is 0. The quantitative estimate of drug-likeness (QED) is 0.796. The fourth-order valence-corrected chi connectivity index (χ4v) is 4.27. The fraction of sp³-hybridized carbons (Fsp3) is 1.00. The lowest BCUT2D eigenvalue weighted by Gasteiger charge is -2.41. The van der Waals surface area contributed by atoms with Crippen molar-refractivity contribution in [3.05, 3.63) is 0 Å². The van der Waals surface area contributed by atoms with Gasteiger partial charge in [0.15, 0.2) is 0 Å². The van der Waals surface area contributed by atoms with E-state index in [1.165, 1.54) is 51.9 Å². The van der Waals surface area contributed by atoms with Gasteiger partial charge >= 0.3 is 0 Å². The molecule has 3 heteroatoms. The van der Waals surface area contributed by atoms with Gasteiger partial charge in [0.25, 0.3) is 0 Å². The molecule has 0 radical (unpaired) electrons. The average Bonchev–Trinajstić information content (AvgIpc) is 2.99. The monoisotopic (exact) mass is 238 g/mol. The van der Waals surface area contributed by atoms with E-state index in [2.05, 4.69) is 9.80 Å². The maximum atomic E-state index is 8.86. The summed E-state index contributed by atoms with van der Waals surface area (Å²) in [4.78, 5) is 5.28. The Kier molecular flexibility index (Phi) is 3.69. The highest BCUT2D eigenvalue weighted by molar-refractivity contribution is 4.96. The number of aliphatic hydroxyl groups excluding tert-OH is 1. The molecule has 3 atom stereocenters. The Balaban J connectivity index is 1.45. The van der Waals surface area contributed by atoms with Gasteiger partial charge in [-0.3, -0.25) is 4.90 Å². The molecule has 2 saturated carbocycles. The molecule has 3 fully saturated rings. The molecular formula is C14H26N2O. The van der Waals surface area contributed by atoms with Crippen molar-refractivity contribution < 1.29 is 5.11 Å². The van der Waals surface area contributed by atoms with Gasteiger partial charge in [-0.2, -0.15) is 0 Å². The lowest BCUT2D eigenvalue weighted by molar-refractivity contribution is 0.0683. The van der Waals surface area contributed by atoms with Crippen LogP contribution >= 0.6 is 0 Å². The van der Waals surface area contributed by atoms with Gasteiger partial charge < -0.3 is 10.0 Å².